The minimum atomic E-state index is -4.42. The fourth-order valence-electron chi connectivity index (χ4n) is 5.06. The summed E-state index contributed by atoms with van der Waals surface area (Å²) in [5.41, 5.74) is 1.92. The fourth-order valence-corrected chi connectivity index (χ4v) is 5.06. The number of hydrogen-bond donors (Lipinski definition) is 3. The van der Waals surface area contributed by atoms with Gasteiger partial charge in [0, 0.05) is 37.5 Å². The van der Waals surface area contributed by atoms with Gasteiger partial charge in [0.1, 0.15) is 23.1 Å². The highest BCUT2D eigenvalue weighted by Gasteiger charge is 2.30. The van der Waals surface area contributed by atoms with Gasteiger partial charge in [-0.1, -0.05) is 0 Å². The summed E-state index contributed by atoms with van der Waals surface area (Å²) < 4.78 is 44.8. The predicted molar refractivity (Wildman–Crippen MR) is 141 cm³/mol. The number of rotatable bonds is 6. The van der Waals surface area contributed by atoms with Crippen LogP contribution in [0.2, 0.25) is 0 Å². The van der Waals surface area contributed by atoms with E-state index in [9.17, 15) is 23.1 Å². The van der Waals surface area contributed by atoms with E-state index in [1.165, 1.54) is 12.1 Å². The lowest BCUT2D eigenvalue weighted by Crippen LogP contribution is -2.36. The Hall–Kier alpha value is -4.02. The molecule has 11 heteroatoms. The van der Waals surface area contributed by atoms with Crippen molar-refractivity contribution < 1.29 is 27.8 Å². The number of carboxylic acid groups (broad SMARTS) is 1. The second-order valence-corrected chi connectivity index (χ2v) is 9.89. The summed E-state index contributed by atoms with van der Waals surface area (Å²) in [4.78, 5) is 22.6. The van der Waals surface area contributed by atoms with Gasteiger partial charge >= 0.3 is 12.1 Å². The Labute approximate surface area is 224 Å². The van der Waals surface area contributed by atoms with Crippen LogP contribution in [0.15, 0.2) is 48.7 Å². The standard InChI is InChI=1S/C28H30F3N5O3/c1-17-33-16-22-23(3-2-12-32-26(22)34-17)35-24-9-8-21(39-20-6-4-19(5-7-20)28(29,30)31)15-25(24)36-13-10-18(11-14-36)27(37)38/h4-9,15-16,18,23,35H,2-3,10-14H2,1H3,(H,37,38)(H,32,33,34). The van der Waals surface area contributed by atoms with Gasteiger partial charge in [-0.25, -0.2) is 9.97 Å². The largest absolute Gasteiger partial charge is 0.481 e. The normalized spacial score (nSPS) is 18.1. The van der Waals surface area contributed by atoms with Crippen molar-refractivity contribution in [2.24, 2.45) is 5.92 Å². The first kappa shape index (κ1) is 26.6. The zero-order valence-corrected chi connectivity index (χ0v) is 21.5. The van der Waals surface area contributed by atoms with E-state index in [1.54, 1.807) is 6.07 Å². The summed E-state index contributed by atoms with van der Waals surface area (Å²) in [6, 6.07) is 10.0. The van der Waals surface area contributed by atoms with E-state index in [-0.39, 0.29) is 17.7 Å². The van der Waals surface area contributed by atoms with E-state index in [2.05, 4.69) is 25.5 Å². The van der Waals surface area contributed by atoms with Crippen LogP contribution < -0.4 is 20.3 Å². The molecule has 1 saturated heterocycles. The maximum absolute atomic E-state index is 13.0. The molecule has 1 unspecified atom stereocenters. The second kappa shape index (κ2) is 11.0. The van der Waals surface area contributed by atoms with Crippen LogP contribution in [-0.4, -0.2) is 40.7 Å². The Morgan fingerprint density at radius 3 is 2.51 bits per heavy atom. The maximum Gasteiger partial charge on any atom is 0.416 e. The van der Waals surface area contributed by atoms with Gasteiger partial charge < -0.3 is 25.4 Å². The molecule has 0 aliphatic carbocycles. The maximum atomic E-state index is 13.0. The smallest absolute Gasteiger partial charge is 0.416 e. The number of nitrogens with zero attached hydrogens (tertiary/aromatic N) is 3. The van der Waals surface area contributed by atoms with Crippen molar-refractivity contribution in [3.63, 3.8) is 0 Å². The average Bonchev–Trinajstić information content (AvgIpc) is 3.11. The average molecular weight is 542 g/mol. The Balaban J connectivity index is 1.43. The number of carbonyl (C=O) groups is 1. The van der Waals surface area contributed by atoms with Gasteiger partial charge in [-0.2, -0.15) is 13.2 Å². The topological polar surface area (TPSA) is 99.6 Å². The van der Waals surface area contributed by atoms with Crippen LogP contribution in [0.4, 0.5) is 30.4 Å². The number of anilines is 3. The molecule has 0 amide bonds. The van der Waals surface area contributed by atoms with Crippen LogP contribution in [0.3, 0.4) is 0 Å². The molecule has 0 saturated carbocycles. The Morgan fingerprint density at radius 2 is 1.82 bits per heavy atom. The van der Waals surface area contributed by atoms with Gasteiger partial charge in [-0.05, 0) is 69.0 Å². The van der Waals surface area contributed by atoms with Gasteiger partial charge in [-0.3, -0.25) is 4.79 Å². The van der Waals surface area contributed by atoms with Crippen molar-refractivity contribution >= 4 is 23.2 Å². The van der Waals surface area contributed by atoms with Crippen molar-refractivity contribution in [2.45, 2.75) is 44.8 Å². The zero-order chi connectivity index (χ0) is 27.6. The van der Waals surface area contributed by atoms with Crippen molar-refractivity contribution in [3.8, 4) is 11.5 Å². The second-order valence-electron chi connectivity index (χ2n) is 9.89. The van der Waals surface area contributed by atoms with Gasteiger partial charge in [0.05, 0.1) is 28.9 Å². The highest BCUT2D eigenvalue weighted by Crippen LogP contribution is 2.39. The van der Waals surface area contributed by atoms with E-state index >= 15 is 0 Å². The number of aliphatic carboxylic acids is 1. The number of halogens is 3. The first-order valence-electron chi connectivity index (χ1n) is 13.0. The summed E-state index contributed by atoms with van der Waals surface area (Å²) in [5.74, 6) is 1.08. The van der Waals surface area contributed by atoms with Gasteiger partial charge in [0.2, 0.25) is 0 Å². The lowest BCUT2D eigenvalue weighted by atomic mass is 9.96. The molecule has 0 spiro atoms. The van der Waals surface area contributed by atoms with Crippen LogP contribution in [0, 0.1) is 12.8 Å². The molecule has 2 aliphatic rings. The van der Waals surface area contributed by atoms with Gasteiger partial charge in [0.25, 0.3) is 0 Å². The van der Waals surface area contributed by atoms with Crippen molar-refractivity contribution in [2.75, 3.05) is 35.2 Å². The fraction of sp³-hybridized carbons (Fsp3) is 0.393. The summed E-state index contributed by atoms with van der Waals surface area (Å²) in [7, 11) is 0. The lowest BCUT2D eigenvalue weighted by Gasteiger charge is -2.34. The molecular weight excluding hydrogens is 511 g/mol. The third kappa shape index (κ3) is 6.18. The number of benzene rings is 2. The zero-order valence-electron chi connectivity index (χ0n) is 21.5. The number of carboxylic acids is 1. The summed E-state index contributed by atoms with van der Waals surface area (Å²) in [5, 5.41) is 16.5. The molecule has 2 aliphatic heterocycles. The van der Waals surface area contributed by atoms with Crippen LogP contribution in [0.1, 0.15) is 48.7 Å². The number of hydrogen-bond acceptors (Lipinski definition) is 7. The molecule has 3 heterocycles. The third-order valence-electron chi connectivity index (χ3n) is 7.18. The quantitative estimate of drug-likeness (QED) is 0.337. The van der Waals surface area contributed by atoms with Crippen molar-refractivity contribution in [1.82, 2.24) is 9.97 Å². The number of nitrogens with one attached hydrogen (secondary N) is 2. The van der Waals surface area contributed by atoms with Crippen LogP contribution in [0.5, 0.6) is 11.5 Å². The Bertz CT molecular complexity index is 1330. The third-order valence-corrected chi connectivity index (χ3v) is 7.18. The Morgan fingerprint density at radius 1 is 1.10 bits per heavy atom. The van der Waals surface area contributed by atoms with Crippen molar-refractivity contribution in [3.05, 3.63) is 65.6 Å². The highest BCUT2D eigenvalue weighted by molar-refractivity contribution is 5.75. The monoisotopic (exact) mass is 541 g/mol. The molecule has 39 heavy (non-hydrogen) atoms. The molecule has 1 fully saturated rings. The van der Waals surface area contributed by atoms with E-state index in [4.69, 9.17) is 4.74 Å². The summed E-state index contributed by atoms with van der Waals surface area (Å²) >= 11 is 0. The van der Waals surface area contributed by atoms with Crippen molar-refractivity contribution in [1.29, 1.82) is 0 Å². The Kier molecular flexibility index (Phi) is 7.49. The molecule has 0 bridgehead atoms. The minimum absolute atomic E-state index is 0.0485. The number of ether oxygens (including phenoxy) is 1. The first-order valence-corrected chi connectivity index (χ1v) is 13.0. The minimum Gasteiger partial charge on any atom is -0.481 e. The van der Waals surface area contributed by atoms with Crippen LogP contribution >= 0.6 is 0 Å². The van der Waals surface area contributed by atoms with Gasteiger partial charge in [0.15, 0.2) is 0 Å². The van der Waals surface area contributed by atoms with E-state index in [0.29, 0.717) is 37.5 Å². The molecule has 206 valence electrons. The lowest BCUT2D eigenvalue weighted by molar-refractivity contribution is -0.142. The van der Waals surface area contributed by atoms with Crippen LogP contribution in [-0.2, 0) is 11.0 Å². The molecule has 8 nitrogen and oxygen atoms in total. The number of aryl methyl sites for hydroxylation is 1. The predicted octanol–water partition coefficient (Wildman–Crippen LogP) is 6.26. The summed E-state index contributed by atoms with van der Waals surface area (Å²) in [6.07, 6.45) is 0.243. The molecule has 1 aromatic heterocycles. The molecule has 3 aromatic rings. The molecule has 3 N–H and O–H groups in total. The molecule has 1 atom stereocenters. The van der Waals surface area contributed by atoms with E-state index in [0.717, 1.165) is 54.3 Å². The molecule has 5 rings (SSSR count). The SMILES string of the molecule is Cc1ncc2c(n1)NCCCC2Nc1ccc(Oc2ccc(C(F)(F)F)cc2)cc1N1CCC(C(=O)O)CC1. The molecular formula is C28H30F3N5O3. The molecule has 2 aromatic carbocycles. The van der Waals surface area contributed by atoms with E-state index in [1.807, 2.05) is 25.3 Å². The number of piperidine rings is 1. The highest BCUT2D eigenvalue weighted by atomic mass is 19.4. The number of fused-ring (bicyclic) bond motifs is 1. The first-order chi connectivity index (χ1) is 18.7. The number of aromatic nitrogens is 2. The van der Waals surface area contributed by atoms with E-state index < -0.39 is 17.7 Å². The number of alkyl halides is 3. The van der Waals surface area contributed by atoms with Gasteiger partial charge in [-0.15, -0.1) is 0 Å². The summed E-state index contributed by atoms with van der Waals surface area (Å²) in [6.45, 7) is 3.77. The molecule has 0 radical (unpaired) electrons. The van der Waals surface area contributed by atoms with Crippen LogP contribution in [0.25, 0.3) is 0 Å².